The van der Waals surface area contributed by atoms with E-state index < -0.39 is 0 Å². The molecule has 1 aromatic rings. The number of nitrogens with zero attached hydrogens (tertiary/aromatic N) is 2. The summed E-state index contributed by atoms with van der Waals surface area (Å²) in [4.78, 5) is 19.6. The first-order chi connectivity index (χ1) is 13.1. The number of thioether (sulfide) groups is 1. The molecule has 1 saturated carbocycles. The van der Waals surface area contributed by atoms with Crippen LogP contribution in [0.4, 0.5) is 0 Å². The molecule has 3 rings (SSSR count). The smallest absolute Gasteiger partial charge is 0.222 e. The fraction of sp³-hybridized carbons (Fsp3) is 0.619. The standard InChI is InChI=1S/C21H32N4OS.HI/c1-3-19(26)25-14-11-17(15-25)24-20(22-2)23-16-21(12-7-8-13-21)27-18-9-5-4-6-10-18;/h4-6,9-10,17H,3,7-8,11-16H2,1-2H3,(H2,22,23,24);1H. The van der Waals surface area contributed by atoms with Crippen LogP contribution in [0, 0.1) is 0 Å². The van der Waals surface area contributed by atoms with Gasteiger partial charge in [-0.25, -0.2) is 0 Å². The molecule has 0 bridgehead atoms. The summed E-state index contributed by atoms with van der Waals surface area (Å²) in [6.07, 6.45) is 6.63. The predicted octanol–water partition coefficient (Wildman–Crippen LogP) is 3.89. The first-order valence-corrected chi connectivity index (χ1v) is 10.9. The monoisotopic (exact) mass is 516 g/mol. The first kappa shape index (κ1) is 23.3. The van der Waals surface area contributed by atoms with E-state index in [4.69, 9.17) is 0 Å². The van der Waals surface area contributed by atoms with E-state index in [0.717, 1.165) is 32.0 Å². The zero-order valence-corrected chi connectivity index (χ0v) is 20.1. The Morgan fingerprint density at radius 2 is 2.00 bits per heavy atom. The van der Waals surface area contributed by atoms with Gasteiger partial charge in [0.05, 0.1) is 0 Å². The highest BCUT2D eigenvalue weighted by atomic mass is 127. The lowest BCUT2D eigenvalue weighted by molar-refractivity contribution is -0.129. The van der Waals surface area contributed by atoms with Gasteiger partial charge in [0, 0.05) is 48.8 Å². The molecule has 1 aliphatic heterocycles. The highest BCUT2D eigenvalue weighted by Gasteiger charge is 2.35. The topological polar surface area (TPSA) is 56.7 Å². The van der Waals surface area contributed by atoms with Crippen molar-refractivity contribution in [1.82, 2.24) is 15.5 Å². The molecule has 1 heterocycles. The second-order valence-electron chi connectivity index (χ2n) is 7.55. The van der Waals surface area contributed by atoms with Gasteiger partial charge in [0.15, 0.2) is 5.96 Å². The van der Waals surface area contributed by atoms with E-state index >= 15 is 0 Å². The van der Waals surface area contributed by atoms with Crippen LogP contribution in [0.3, 0.4) is 0 Å². The number of benzene rings is 1. The molecule has 1 aliphatic carbocycles. The van der Waals surface area contributed by atoms with E-state index in [0.29, 0.717) is 6.42 Å². The van der Waals surface area contributed by atoms with Gasteiger partial charge in [-0.1, -0.05) is 38.0 Å². The number of rotatable bonds is 6. The third-order valence-electron chi connectivity index (χ3n) is 5.58. The Bertz CT molecular complexity index is 649. The molecule has 1 aromatic carbocycles. The Morgan fingerprint density at radius 1 is 1.29 bits per heavy atom. The first-order valence-electron chi connectivity index (χ1n) is 10.1. The Hall–Kier alpha value is -0.960. The molecular weight excluding hydrogens is 483 g/mol. The maximum absolute atomic E-state index is 11.9. The van der Waals surface area contributed by atoms with Crippen LogP contribution in [-0.2, 0) is 4.79 Å². The van der Waals surface area contributed by atoms with Gasteiger partial charge in [-0.2, -0.15) is 0 Å². The molecule has 5 nitrogen and oxygen atoms in total. The minimum atomic E-state index is 0. The van der Waals surface area contributed by atoms with Crippen molar-refractivity contribution in [3.8, 4) is 0 Å². The van der Waals surface area contributed by atoms with Gasteiger partial charge in [0.25, 0.3) is 0 Å². The number of guanidine groups is 1. The van der Waals surface area contributed by atoms with E-state index in [-0.39, 0.29) is 40.7 Å². The molecule has 1 amide bonds. The number of halogens is 1. The molecule has 1 unspecified atom stereocenters. The van der Waals surface area contributed by atoms with Crippen LogP contribution in [0.5, 0.6) is 0 Å². The van der Waals surface area contributed by atoms with Gasteiger partial charge < -0.3 is 15.5 Å². The van der Waals surface area contributed by atoms with E-state index in [1.54, 1.807) is 0 Å². The number of hydrogen-bond acceptors (Lipinski definition) is 3. The van der Waals surface area contributed by atoms with Crippen LogP contribution in [0.2, 0.25) is 0 Å². The van der Waals surface area contributed by atoms with E-state index in [1.807, 2.05) is 30.6 Å². The fourth-order valence-corrected chi connectivity index (χ4v) is 5.46. The van der Waals surface area contributed by atoms with Crippen LogP contribution in [0.25, 0.3) is 0 Å². The number of nitrogens with one attached hydrogen (secondary N) is 2. The number of amides is 1. The maximum Gasteiger partial charge on any atom is 0.222 e. The molecule has 2 aliphatic rings. The van der Waals surface area contributed by atoms with Crippen molar-refractivity contribution >= 4 is 47.6 Å². The van der Waals surface area contributed by atoms with Gasteiger partial charge in [-0.05, 0) is 31.4 Å². The van der Waals surface area contributed by atoms with Crippen molar-refractivity contribution in [2.75, 3.05) is 26.7 Å². The maximum atomic E-state index is 11.9. The lowest BCUT2D eigenvalue weighted by Gasteiger charge is -2.30. The minimum Gasteiger partial charge on any atom is -0.355 e. The predicted molar refractivity (Wildman–Crippen MR) is 129 cm³/mol. The second-order valence-corrected chi connectivity index (χ2v) is 9.10. The van der Waals surface area contributed by atoms with Crippen molar-refractivity contribution < 1.29 is 4.79 Å². The van der Waals surface area contributed by atoms with Crippen molar-refractivity contribution in [3.63, 3.8) is 0 Å². The number of likely N-dealkylation sites (tertiary alicyclic amines) is 1. The normalized spacial score (nSPS) is 21.3. The van der Waals surface area contributed by atoms with Gasteiger partial charge in [0.1, 0.15) is 0 Å². The van der Waals surface area contributed by atoms with Gasteiger partial charge in [-0.3, -0.25) is 9.79 Å². The molecule has 0 spiro atoms. The Labute approximate surface area is 190 Å². The SMILES string of the molecule is CCC(=O)N1CCC(NC(=NC)NCC2(Sc3ccccc3)CCCC2)C1.I. The zero-order valence-electron chi connectivity index (χ0n) is 16.9. The number of aliphatic imine (C=N–C) groups is 1. The van der Waals surface area contributed by atoms with Gasteiger partial charge in [-0.15, -0.1) is 35.7 Å². The van der Waals surface area contributed by atoms with Gasteiger partial charge >= 0.3 is 0 Å². The molecule has 156 valence electrons. The van der Waals surface area contributed by atoms with Crippen molar-refractivity contribution in [2.45, 2.75) is 61.1 Å². The Balaban J connectivity index is 0.00000280. The summed E-state index contributed by atoms with van der Waals surface area (Å²) < 4.78 is 0.235. The summed E-state index contributed by atoms with van der Waals surface area (Å²) in [6, 6.07) is 11.0. The summed E-state index contributed by atoms with van der Waals surface area (Å²) >= 11 is 2.00. The molecular formula is C21H33IN4OS. The van der Waals surface area contributed by atoms with Crippen LogP contribution in [0.1, 0.15) is 45.4 Å². The van der Waals surface area contributed by atoms with Crippen LogP contribution >= 0.6 is 35.7 Å². The summed E-state index contributed by atoms with van der Waals surface area (Å²) in [5.41, 5.74) is 0. The van der Waals surface area contributed by atoms with E-state index in [9.17, 15) is 4.79 Å². The minimum absolute atomic E-state index is 0. The van der Waals surface area contributed by atoms with Gasteiger partial charge in [0.2, 0.25) is 5.91 Å². The fourth-order valence-electron chi connectivity index (χ4n) is 4.03. The highest BCUT2D eigenvalue weighted by molar-refractivity contribution is 14.0. The van der Waals surface area contributed by atoms with E-state index in [1.165, 1.54) is 30.6 Å². The summed E-state index contributed by atoms with van der Waals surface area (Å²) in [7, 11) is 1.82. The lowest BCUT2D eigenvalue weighted by atomic mass is 10.1. The molecule has 2 fully saturated rings. The average molecular weight is 516 g/mol. The summed E-state index contributed by atoms with van der Waals surface area (Å²) in [5, 5.41) is 7.09. The largest absolute Gasteiger partial charge is 0.355 e. The van der Waals surface area contributed by atoms with Crippen molar-refractivity contribution in [3.05, 3.63) is 30.3 Å². The second kappa shape index (κ2) is 11.3. The summed E-state index contributed by atoms with van der Waals surface area (Å²) in [6.45, 7) is 4.46. The molecule has 0 aromatic heterocycles. The lowest BCUT2D eigenvalue weighted by Crippen LogP contribution is -2.48. The third kappa shape index (κ3) is 6.27. The Morgan fingerprint density at radius 3 is 2.64 bits per heavy atom. The quantitative estimate of drug-likeness (QED) is 0.343. The number of hydrogen-bond donors (Lipinski definition) is 2. The van der Waals surface area contributed by atoms with Crippen LogP contribution < -0.4 is 10.6 Å². The third-order valence-corrected chi connectivity index (χ3v) is 7.07. The zero-order chi connectivity index (χ0) is 19.1. The average Bonchev–Trinajstić information content (AvgIpc) is 3.35. The van der Waals surface area contributed by atoms with E-state index in [2.05, 4.69) is 46.0 Å². The Kier molecular flexibility index (Phi) is 9.40. The van der Waals surface area contributed by atoms with Crippen LogP contribution in [-0.4, -0.2) is 54.2 Å². The molecule has 1 saturated heterocycles. The van der Waals surface area contributed by atoms with Crippen molar-refractivity contribution in [2.24, 2.45) is 4.99 Å². The highest BCUT2D eigenvalue weighted by Crippen LogP contribution is 2.44. The summed E-state index contributed by atoms with van der Waals surface area (Å²) in [5.74, 6) is 1.09. The molecule has 0 radical (unpaired) electrons. The molecule has 1 atom stereocenters. The molecule has 7 heteroatoms. The molecule has 28 heavy (non-hydrogen) atoms. The molecule has 2 N–H and O–H groups in total. The number of carbonyl (C=O) groups is 1. The number of carbonyl (C=O) groups excluding carboxylic acids is 1. The van der Waals surface area contributed by atoms with Crippen molar-refractivity contribution in [1.29, 1.82) is 0 Å². The van der Waals surface area contributed by atoms with Crippen LogP contribution in [0.15, 0.2) is 40.2 Å².